The number of unbranched alkanes of at least 4 members (excludes halogenated alkanes) is 2. The van der Waals surface area contributed by atoms with Gasteiger partial charge in [0.2, 0.25) is 11.8 Å². The van der Waals surface area contributed by atoms with Crippen LogP contribution >= 0.6 is 0 Å². The van der Waals surface area contributed by atoms with Crippen LogP contribution in [0.3, 0.4) is 0 Å². The number of carbonyl (C=O) groups excluding carboxylic acids is 3. The Bertz CT molecular complexity index is 1120. The summed E-state index contributed by atoms with van der Waals surface area (Å²) in [6.07, 6.45) is 2.73. The van der Waals surface area contributed by atoms with Crippen molar-refractivity contribution in [2.45, 2.75) is 98.3 Å². The van der Waals surface area contributed by atoms with Crippen LogP contribution < -0.4 is 10.6 Å². The molecule has 0 aliphatic heterocycles. The lowest BCUT2D eigenvalue weighted by atomic mass is 9.94. The maximum Gasteiger partial charge on any atom is 0.408 e. The van der Waals surface area contributed by atoms with Gasteiger partial charge < -0.3 is 25.4 Å². The Morgan fingerprint density at radius 3 is 2.23 bits per heavy atom. The van der Waals surface area contributed by atoms with Gasteiger partial charge >= 0.3 is 6.09 Å². The van der Waals surface area contributed by atoms with Crippen LogP contribution in [0.25, 0.3) is 0 Å². The van der Waals surface area contributed by atoms with Gasteiger partial charge in [0.1, 0.15) is 23.4 Å². The monoisotopic (exact) mass is 553 g/mol. The summed E-state index contributed by atoms with van der Waals surface area (Å²) in [5.41, 5.74) is 2.73. The summed E-state index contributed by atoms with van der Waals surface area (Å²) in [6, 6.07) is 10.4. The third-order valence-electron chi connectivity index (χ3n) is 6.73. The number of hydrogen-bond acceptors (Lipinski definition) is 5. The first-order chi connectivity index (χ1) is 18.9. The van der Waals surface area contributed by atoms with Gasteiger partial charge in [0, 0.05) is 19.5 Å². The molecule has 40 heavy (non-hydrogen) atoms. The van der Waals surface area contributed by atoms with Crippen LogP contribution in [0.1, 0.15) is 88.6 Å². The predicted molar refractivity (Wildman–Crippen MR) is 158 cm³/mol. The van der Waals surface area contributed by atoms with Gasteiger partial charge in [0.05, 0.1) is 0 Å². The molecule has 2 aromatic carbocycles. The molecule has 3 N–H and O–H groups in total. The van der Waals surface area contributed by atoms with Crippen LogP contribution in [0.15, 0.2) is 42.5 Å². The number of benzene rings is 2. The molecule has 0 heterocycles. The molecule has 220 valence electrons. The molecule has 8 heteroatoms. The van der Waals surface area contributed by atoms with E-state index in [1.54, 1.807) is 49.9 Å². The molecule has 0 aliphatic rings. The molecule has 0 saturated heterocycles. The van der Waals surface area contributed by atoms with Gasteiger partial charge in [-0.1, -0.05) is 57.0 Å². The summed E-state index contributed by atoms with van der Waals surface area (Å²) >= 11 is 0. The highest BCUT2D eigenvalue weighted by Gasteiger charge is 2.36. The summed E-state index contributed by atoms with van der Waals surface area (Å²) in [4.78, 5) is 42.7. The second-order valence-electron chi connectivity index (χ2n) is 11.3. The molecular weight excluding hydrogens is 506 g/mol. The van der Waals surface area contributed by atoms with E-state index in [1.165, 1.54) is 0 Å². The Labute approximate surface area is 239 Å². The molecule has 0 aromatic heterocycles. The Kier molecular flexibility index (Phi) is 12.5. The third-order valence-corrected chi connectivity index (χ3v) is 6.73. The van der Waals surface area contributed by atoms with Gasteiger partial charge in [-0.3, -0.25) is 9.59 Å². The van der Waals surface area contributed by atoms with E-state index in [9.17, 15) is 19.5 Å². The molecule has 0 radical (unpaired) electrons. The van der Waals surface area contributed by atoms with E-state index in [0.717, 1.165) is 41.5 Å². The fourth-order valence-electron chi connectivity index (χ4n) is 4.42. The quantitative estimate of drug-likeness (QED) is 0.275. The number of nitrogens with zero attached hydrogens (tertiary/aromatic N) is 1. The van der Waals surface area contributed by atoms with Gasteiger partial charge in [0.25, 0.3) is 0 Å². The number of alkyl carbamates (subject to hydrolysis) is 1. The first kappa shape index (κ1) is 32.7. The molecule has 0 spiro atoms. The molecule has 2 rings (SSSR count). The number of amides is 3. The van der Waals surface area contributed by atoms with Crippen molar-refractivity contribution in [3.05, 3.63) is 64.7 Å². The lowest BCUT2D eigenvalue weighted by molar-refractivity contribution is -0.142. The third kappa shape index (κ3) is 9.88. The number of phenols is 1. The Morgan fingerprint density at radius 1 is 0.975 bits per heavy atom. The number of hydrogen-bond donors (Lipinski definition) is 3. The fraction of sp³-hybridized carbons (Fsp3) is 0.531. The molecule has 0 aliphatic carbocycles. The maximum atomic E-state index is 14.4. The molecule has 0 bridgehead atoms. The highest BCUT2D eigenvalue weighted by atomic mass is 16.6. The Balaban J connectivity index is 2.57. The van der Waals surface area contributed by atoms with Crippen LogP contribution in [0.2, 0.25) is 0 Å². The SMILES string of the molecule is CCCCNC(=O)C(c1cccc(C)c1C)N(CCCC)C(=O)C(Cc1ccc(O)cc1)NC(=O)OC(C)(C)C. The van der Waals surface area contributed by atoms with Crippen LogP contribution in [0.5, 0.6) is 5.75 Å². The van der Waals surface area contributed by atoms with E-state index in [0.29, 0.717) is 19.5 Å². The molecule has 0 saturated carbocycles. The molecule has 2 unspecified atom stereocenters. The topological polar surface area (TPSA) is 108 Å². The first-order valence-corrected chi connectivity index (χ1v) is 14.3. The fourth-order valence-corrected chi connectivity index (χ4v) is 4.42. The predicted octanol–water partition coefficient (Wildman–Crippen LogP) is 5.73. The molecule has 0 fully saturated rings. The van der Waals surface area contributed by atoms with E-state index in [-0.39, 0.29) is 24.0 Å². The summed E-state index contributed by atoms with van der Waals surface area (Å²) in [7, 11) is 0. The van der Waals surface area contributed by atoms with E-state index < -0.39 is 23.8 Å². The summed E-state index contributed by atoms with van der Waals surface area (Å²) in [5, 5.41) is 15.6. The minimum absolute atomic E-state index is 0.107. The maximum absolute atomic E-state index is 14.4. The van der Waals surface area contributed by atoms with Gasteiger partial charge in [-0.05, 0) is 81.8 Å². The van der Waals surface area contributed by atoms with Gasteiger partial charge in [0.15, 0.2) is 0 Å². The van der Waals surface area contributed by atoms with Gasteiger partial charge in [-0.25, -0.2) is 4.79 Å². The van der Waals surface area contributed by atoms with E-state index in [2.05, 4.69) is 17.6 Å². The van der Waals surface area contributed by atoms with Gasteiger partial charge in [-0.2, -0.15) is 0 Å². The lowest BCUT2D eigenvalue weighted by Crippen LogP contribution is -2.54. The minimum Gasteiger partial charge on any atom is -0.508 e. The first-order valence-electron chi connectivity index (χ1n) is 14.3. The van der Waals surface area contributed by atoms with E-state index >= 15 is 0 Å². The standard InChI is InChI=1S/C32H47N3O5/c1-8-10-19-33-29(37)28(26-14-12-13-22(3)23(26)4)35(20-11-9-2)30(38)27(34-31(39)40-32(5,6)7)21-24-15-17-25(36)18-16-24/h12-18,27-28,36H,8-11,19-21H2,1-7H3,(H,33,37)(H,34,39). The molecule has 2 aromatic rings. The van der Waals surface area contributed by atoms with E-state index in [1.807, 2.05) is 39.0 Å². The number of rotatable bonds is 13. The van der Waals surface area contributed by atoms with Crippen molar-refractivity contribution in [3.8, 4) is 5.75 Å². The number of aryl methyl sites for hydroxylation is 1. The van der Waals surface area contributed by atoms with Crippen molar-refractivity contribution in [3.63, 3.8) is 0 Å². The Hall–Kier alpha value is -3.55. The summed E-state index contributed by atoms with van der Waals surface area (Å²) in [6.45, 7) is 14.2. The Morgan fingerprint density at radius 2 is 1.62 bits per heavy atom. The van der Waals surface area contributed by atoms with Crippen molar-refractivity contribution in [1.29, 1.82) is 0 Å². The average Bonchev–Trinajstić information content (AvgIpc) is 2.88. The van der Waals surface area contributed by atoms with Crippen molar-refractivity contribution >= 4 is 17.9 Å². The van der Waals surface area contributed by atoms with Crippen LogP contribution in [-0.2, 0) is 20.7 Å². The number of ether oxygens (including phenoxy) is 1. The molecule has 3 amide bonds. The zero-order valence-corrected chi connectivity index (χ0v) is 25.2. The zero-order chi connectivity index (χ0) is 29.9. The summed E-state index contributed by atoms with van der Waals surface area (Å²) in [5.74, 6) is -0.508. The zero-order valence-electron chi connectivity index (χ0n) is 25.2. The van der Waals surface area contributed by atoms with Crippen molar-refractivity contribution in [2.24, 2.45) is 0 Å². The van der Waals surface area contributed by atoms with Crippen LogP contribution in [0.4, 0.5) is 4.79 Å². The normalized spacial score (nSPS) is 12.8. The largest absolute Gasteiger partial charge is 0.508 e. The smallest absolute Gasteiger partial charge is 0.408 e. The van der Waals surface area contributed by atoms with Crippen molar-refractivity contribution in [1.82, 2.24) is 15.5 Å². The average molecular weight is 554 g/mol. The minimum atomic E-state index is -0.993. The van der Waals surface area contributed by atoms with E-state index in [4.69, 9.17) is 4.74 Å². The number of aromatic hydroxyl groups is 1. The van der Waals surface area contributed by atoms with Crippen molar-refractivity contribution in [2.75, 3.05) is 13.1 Å². The molecular formula is C32H47N3O5. The van der Waals surface area contributed by atoms with Crippen molar-refractivity contribution < 1.29 is 24.2 Å². The lowest BCUT2D eigenvalue weighted by Gasteiger charge is -2.35. The second-order valence-corrected chi connectivity index (χ2v) is 11.3. The summed E-state index contributed by atoms with van der Waals surface area (Å²) < 4.78 is 5.49. The van der Waals surface area contributed by atoms with Crippen LogP contribution in [-0.4, -0.2) is 52.6 Å². The number of phenolic OH excluding ortho intramolecular Hbond substituents is 1. The second kappa shape index (κ2) is 15.3. The highest BCUT2D eigenvalue weighted by Crippen LogP contribution is 2.28. The number of carbonyl (C=O) groups is 3. The molecule has 8 nitrogen and oxygen atoms in total. The highest BCUT2D eigenvalue weighted by molar-refractivity contribution is 5.92. The van der Waals surface area contributed by atoms with Crippen LogP contribution in [0, 0.1) is 13.8 Å². The number of nitrogens with one attached hydrogen (secondary N) is 2. The van der Waals surface area contributed by atoms with Gasteiger partial charge in [-0.15, -0.1) is 0 Å². The molecule has 2 atom stereocenters.